The zero-order valence-electron chi connectivity index (χ0n) is 13.2. The molecule has 0 spiro atoms. The molecule has 1 aromatic heterocycles. The van der Waals surface area contributed by atoms with Crippen LogP contribution in [0, 0.1) is 6.92 Å². The van der Waals surface area contributed by atoms with Crippen molar-refractivity contribution in [2.45, 2.75) is 12.1 Å². The van der Waals surface area contributed by atoms with Crippen LogP contribution in [0.3, 0.4) is 0 Å². The molecule has 128 valence electrons. The van der Waals surface area contributed by atoms with Gasteiger partial charge < -0.3 is 14.8 Å². The molecule has 1 heterocycles. The van der Waals surface area contributed by atoms with E-state index in [1.807, 2.05) is 6.07 Å². The number of nitrogens with zero attached hydrogens (tertiary/aromatic N) is 2. The minimum absolute atomic E-state index is 0.122. The van der Waals surface area contributed by atoms with E-state index in [9.17, 15) is 9.90 Å². The second kappa shape index (κ2) is 7.58. The average Bonchev–Trinajstić information content (AvgIpc) is 3.05. The van der Waals surface area contributed by atoms with Gasteiger partial charge in [-0.3, -0.25) is 4.79 Å². The quantitative estimate of drug-likeness (QED) is 0.514. The molecule has 0 bridgehead atoms. The lowest BCUT2D eigenvalue weighted by Gasteiger charge is -2.06. The average molecular weight is 376 g/mol. The van der Waals surface area contributed by atoms with Gasteiger partial charge in [-0.05, 0) is 48.9 Å². The molecule has 0 saturated heterocycles. The van der Waals surface area contributed by atoms with Gasteiger partial charge in [0, 0.05) is 16.3 Å². The van der Waals surface area contributed by atoms with Crippen LogP contribution in [0.25, 0.3) is 11.5 Å². The first-order valence-corrected chi connectivity index (χ1v) is 8.69. The van der Waals surface area contributed by atoms with Crippen molar-refractivity contribution in [2.75, 3.05) is 11.1 Å². The van der Waals surface area contributed by atoms with Crippen molar-refractivity contribution in [1.29, 1.82) is 0 Å². The van der Waals surface area contributed by atoms with Crippen molar-refractivity contribution in [3.05, 3.63) is 53.1 Å². The third kappa shape index (κ3) is 4.52. The van der Waals surface area contributed by atoms with Crippen LogP contribution in [0.2, 0.25) is 5.02 Å². The number of halogens is 1. The molecule has 0 saturated carbocycles. The van der Waals surface area contributed by atoms with Crippen LogP contribution in [0.1, 0.15) is 5.56 Å². The molecule has 3 aromatic rings. The Hall–Kier alpha value is -2.51. The number of phenolic OH excluding ortho intramolecular Hbond substituents is 1. The molecule has 0 aliphatic heterocycles. The van der Waals surface area contributed by atoms with Gasteiger partial charge in [0.2, 0.25) is 11.8 Å². The molecular weight excluding hydrogens is 362 g/mol. The summed E-state index contributed by atoms with van der Waals surface area (Å²) in [5.41, 5.74) is 2.02. The Morgan fingerprint density at radius 1 is 1.28 bits per heavy atom. The number of hydrogen-bond acceptors (Lipinski definition) is 6. The molecule has 2 aromatic carbocycles. The number of carbonyl (C=O) groups is 1. The minimum Gasteiger partial charge on any atom is -0.508 e. The number of phenols is 1. The maximum Gasteiger partial charge on any atom is 0.277 e. The fourth-order valence-electron chi connectivity index (χ4n) is 2.06. The van der Waals surface area contributed by atoms with Crippen LogP contribution in [-0.2, 0) is 4.79 Å². The van der Waals surface area contributed by atoms with Crippen LogP contribution in [0.15, 0.2) is 52.1 Å². The summed E-state index contributed by atoms with van der Waals surface area (Å²) < 4.78 is 5.53. The van der Waals surface area contributed by atoms with E-state index in [2.05, 4.69) is 15.5 Å². The first kappa shape index (κ1) is 17.3. The van der Waals surface area contributed by atoms with Crippen molar-refractivity contribution >= 4 is 35.0 Å². The van der Waals surface area contributed by atoms with E-state index in [0.717, 1.165) is 17.3 Å². The summed E-state index contributed by atoms with van der Waals surface area (Å²) >= 11 is 7.08. The number of hydrogen-bond donors (Lipinski definition) is 2. The van der Waals surface area contributed by atoms with Gasteiger partial charge in [-0.1, -0.05) is 29.4 Å². The van der Waals surface area contributed by atoms with Crippen LogP contribution in [0.4, 0.5) is 5.69 Å². The normalized spacial score (nSPS) is 10.6. The number of aromatic nitrogens is 2. The highest BCUT2D eigenvalue weighted by Crippen LogP contribution is 2.25. The Kier molecular flexibility index (Phi) is 5.25. The lowest BCUT2D eigenvalue weighted by Crippen LogP contribution is -2.14. The largest absolute Gasteiger partial charge is 0.508 e. The van der Waals surface area contributed by atoms with E-state index < -0.39 is 0 Å². The van der Waals surface area contributed by atoms with E-state index in [1.165, 1.54) is 6.07 Å². The van der Waals surface area contributed by atoms with E-state index in [0.29, 0.717) is 27.4 Å². The van der Waals surface area contributed by atoms with Crippen LogP contribution in [0.5, 0.6) is 5.75 Å². The number of thioether (sulfide) groups is 1. The summed E-state index contributed by atoms with van der Waals surface area (Å²) in [6, 6.07) is 12.0. The first-order chi connectivity index (χ1) is 12.0. The lowest BCUT2D eigenvalue weighted by atomic mass is 10.2. The first-order valence-electron chi connectivity index (χ1n) is 7.33. The van der Waals surface area contributed by atoms with E-state index in [1.54, 1.807) is 37.3 Å². The Morgan fingerprint density at radius 2 is 2.12 bits per heavy atom. The number of nitrogens with one attached hydrogen (secondary N) is 1. The fraction of sp³-hybridized carbons (Fsp3) is 0.118. The third-order valence-electron chi connectivity index (χ3n) is 3.29. The maximum atomic E-state index is 12.0. The van der Waals surface area contributed by atoms with Crippen LogP contribution < -0.4 is 5.32 Å². The summed E-state index contributed by atoms with van der Waals surface area (Å²) in [6.45, 7) is 1.76. The van der Waals surface area contributed by atoms with Crippen LogP contribution in [-0.4, -0.2) is 27.0 Å². The fourth-order valence-corrected chi connectivity index (χ4v) is 2.82. The summed E-state index contributed by atoms with van der Waals surface area (Å²) in [4.78, 5) is 12.0. The van der Waals surface area contributed by atoms with E-state index >= 15 is 0 Å². The molecule has 2 N–H and O–H groups in total. The molecule has 3 rings (SSSR count). The van der Waals surface area contributed by atoms with Crippen molar-refractivity contribution < 1.29 is 14.3 Å². The highest BCUT2D eigenvalue weighted by atomic mass is 35.5. The molecule has 0 unspecified atom stereocenters. The lowest BCUT2D eigenvalue weighted by molar-refractivity contribution is -0.113. The van der Waals surface area contributed by atoms with Gasteiger partial charge in [-0.2, -0.15) is 0 Å². The van der Waals surface area contributed by atoms with Gasteiger partial charge in [0.1, 0.15) is 5.75 Å². The number of carbonyl (C=O) groups excluding carboxylic acids is 1. The number of aromatic hydroxyl groups is 1. The third-order valence-corrected chi connectivity index (χ3v) is 4.34. The monoisotopic (exact) mass is 375 g/mol. The summed E-state index contributed by atoms with van der Waals surface area (Å²) in [6.07, 6.45) is 0. The number of benzene rings is 2. The van der Waals surface area contributed by atoms with Gasteiger partial charge in [0.05, 0.1) is 5.75 Å². The van der Waals surface area contributed by atoms with Crippen molar-refractivity contribution in [3.8, 4) is 17.2 Å². The molecule has 0 radical (unpaired) electrons. The Morgan fingerprint density at radius 3 is 2.88 bits per heavy atom. The second-order valence-electron chi connectivity index (χ2n) is 5.22. The molecule has 0 fully saturated rings. The molecule has 25 heavy (non-hydrogen) atoms. The topological polar surface area (TPSA) is 88.3 Å². The zero-order chi connectivity index (χ0) is 17.8. The maximum absolute atomic E-state index is 12.0. The van der Waals surface area contributed by atoms with Gasteiger partial charge in [-0.25, -0.2) is 0 Å². The Labute approximate surface area is 153 Å². The molecular formula is C17H14ClN3O3S. The summed E-state index contributed by atoms with van der Waals surface area (Å²) in [5.74, 6) is 0.445. The summed E-state index contributed by atoms with van der Waals surface area (Å²) in [5, 5.41) is 21.0. The van der Waals surface area contributed by atoms with E-state index in [-0.39, 0.29) is 17.4 Å². The van der Waals surface area contributed by atoms with Gasteiger partial charge in [0.15, 0.2) is 0 Å². The smallest absolute Gasteiger partial charge is 0.277 e. The number of anilines is 1. The van der Waals surface area contributed by atoms with Gasteiger partial charge in [-0.15, -0.1) is 10.2 Å². The Bertz CT molecular complexity index is 914. The van der Waals surface area contributed by atoms with Crippen molar-refractivity contribution in [2.24, 2.45) is 0 Å². The SMILES string of the molecule is Cc1cc(NC(=O)CSc2nnc(-c3cccc(Cl)c3)o2)ccc1O. The zero-order valence-corrected chi connectivity index (χ0v) is 14.8. The van der Waals surface area contributed by atoms with Gasteiger partial charge >= 0.3 is 0 Å². The second-order valence-corrected chi connectivity index (χ2v) is 6.58. The molecule has 6 nitrogen and oxygen atoms in total. The highest BCUT2D eigenvalue weighted by Gasteiger charge is 2.12. The van der Waals surface area contributed by atoms with Crippen LogP contribution >= 0.6 is 23.4 Å². The standard InChI is InChI=1S/C17H14ClN3O3S/c1-10-7-13(5-6-14(10)22)19-15(23)9-25-17-21-20-16(24-17)11-3-2-4-12(18)8-11/h2-8,22H,9H2,1H3,(H,19,23). The number of amides is 1. The predicted molar refractivity (Wildman–Crippen MR) is 96.9 cm³/mol. The Balaban J connectivity index is 1.58. The minimum atomic E-state index is -0.211. The molecule has 0 aliphatic rings. The molecule has 1 amide bonds. The molecule has 0 aliphatic carbocycles. The number of aryl methyl sites for hydroxylation is 1. The summed E-state index contributed by atoms with van der Waals surface area (Å²) in [7, 11) is 0. The molecule has 0 atom stereocenters. The molecule has 8 heteroatoms. The van der Waals surface area contributed by atoms with Crippen molar-refractivity contribution in [1.82, 2.24) is 10.2 Å². The number of rotatable bonds is 5. The predicted octanol–water partition coefficient (Wildman–Crippen LogP) is 4.13. The van der Waals surface area contributed by atoms with E-state index in [4.69, 9.17) is 16.0 Å². The van der Waals surface area contributed by atoms with Crippen molar-refractivity contribution in [3.63, 3.8) is 0 Å². The van der Waals surface area contributed by atoms with Gasteiger partial charge in [0.25, 0.3) is 5.22 Å². The highest BCUT2D eigenvalue weighted by molar-refractivity contribution is 7.99.